The number of hydrogen-bond donors (Lipinski definition) is 1. The number of methoxy groups -OCH3 is 2. The number of anilines is 1. The van der Waals surface area contributed by atoms with Crippen LogP contribution in [0.2, 0.25) is 0 Å². The van der Waals surface area contributed by atoms with E-state index < -0.39 is 0 Å². The molecule has 0 aliphatic carbocycles. The summed E-state index contributed by atoms with van der Waals surface area (Å²) in [7, 11) is 3.39. The van der Waals surface area contributed by atoms with Crippen LogP contribution in [0.15, 0.2) is 36.4 Å². The van der Waals surface area contributed by atoms with E-state index >= 15 is 0 Å². The number of carbonyl (C=O) groups is 1. The van der Waals surface area contributed by atoms with Gasteiger partial charge in [-0.2, -0.15) is 0 Å². The zero-order valence-electron chi connectivity index (χ0n) is 17.2. The molecule has 0 bridgehead atoms. The molecule has 0 radical (unpaired) electrons. The van der Waals surface area contributed by atoms with E-state index in [9.17, 15) is 9.18 Å². The highest BCUT2D eigenvalue weighted by Gasteiger charge is 2.32. The second-order valence-electron chi connectivity index (χ2n) is 7.39. The van der Waals surface area contributed by atoms with Crippen molar-refractivity contribution in [2.45, 2.75) is 13.2 Å². The van der Waals surface area contributed by atoms with E-state index in [0.717, 1.165) is 36.3 Å². The van der Waals surface area contributed by atoms with E-state index in [2.05, 4.69) is 16.3 Å². The monoisotopic (exact) mass is 412 g/mol. The minimum Gasteiger partial charge on any atom is -0.487 e. The van der Waals surface area contributed by atoms with Gasteiger partial charge in [0, 0.05) is 56.2 Å². The summed E-state index contributed by atoms with van der Waals surface area (Å²) in [6.07, 6.45) is 0. The van der Waals surface area contributed by atoms with E-state index in [-0.39, 0.29) is 11.7 Å². The molecule has 2 aromatic rings. The van der Waals surface area contributed by atoms with Crippen LogP contribution in [-0.4, -0.2) is 51.3 Å². The number of fused-ring (bicyclic) bond motifs is 2. The van der Waals surface area contributed by atoms with Crippen molar-refractivity contribution in [2.75, 3.05) is 45.8 Å². The summed E-state index contributed by atoms with van der Waals surface area (Å²) in [4.78, 5) is 14.8. The first kappa shape index (κ1) is 20.5. The van der Waals surface area contributed by atoms with E-state index in [0.29, 0.717) is 42.4 Å². The predicted molar refractivity (Wildman–Crippen MR) is 112 cm³/mol. The predicted octanol–water partition coefficient (Wildman–Crippen LogP) is 3.27. The maximum atomic E-state index is 13.8. The molecule has 0 atom stereocenters. The molecule has 0 saturated carbocycles. The minimum absolute atomic E-state index is 0.271. The molecule has 2 heterocycles. The lowest BCUT2D eigenvalue weighted by Gasteiger charge is -2.21. The molecule has 0 unspecified atom stereocenters. The van der Waals surface area contributed by atoms with Gasteiger partial charge in [0.25, 0.3) is 5.91 Å². The van der Waals surface area contributed by atoms with Crippen molar-refractivity contribution < 1.29 is 23.4 Å². The Morgan fingerprint density at radius 1 is 1.07 bits per heavy atom. The molecule has 1 N–H and O–H groups in total. The van der Waals surface area contributed by atoms with Crippen molar-refractivity contribution in [1.29, 1.82) is 0 Å². The topological polar surface area (TPSA) is 60.0 Å². The number of carbonyl (C=O) groups excluding carboxylic acids is 1. The Hall–Kier alpha value is -2.74. The van der Waals surface area contributed by atoms with Gasteiger partial charge in [-0.3, -0.25) is 9.69 Å². The first-order valence-electron chi connectivity index (χ1n) is 9.91. The van der Waals surface area contributed by atoms with E-state index in [4.69, 9.17) is 14.2 Å². The fraction of sp³-hybridized carbons (Fsp3) is 0.348. The second-order valence-corrected chi connectivity index (χ2v) is 7.39. The van der Waals surface area contributed by atoms with Gasteiger partial charge in [0.05, 0.1) is 18.8 Å². The highest BCUT2D eigenvalue weighted by Crippen LogP contribution is 2.41. The van der Waals surface area contributed by atoms with E-state index in [1.807, 2.05) is 12.1 Å². The lowest BCUT2D eigenvalue weighted by molar-refractivity contribution is -0.110. The van der Waals surface area contributed by atoms with Crippen molar-refractivity contribution in [1.82, 2.24) is 4.90 Å². The zero-order chi connectivity index (χ0) is 21.1. The number of nitrogens with zero attached hydrogens (tertiary/aromatic N) is 1. The third kappa shape index (κ3) is 4.09. The van der Waals surface area contributed by atoms with E-state index in [1.165, 1.54) is 12.1 Å². The summed E-state index contributed by atoms with van der Waals surface area (Å²) in [5.74, 6) is -0.147. The van der Waals surface area contributed by atoms with Gasteiger partial charge in [0.15, 0.2) is 0 Å². The van der Waals surface area contributed by atoms with Crippen molar-refractivity contribution in [3.63, 3.8) is 0 Å². The van der Waals surface area contributed by atoms with Crippen LogP contribution in [-0.2, 0) is 32.2 Å². The van der Waals surface area contributed by atoms with Crippen LogP contribution >= 0.6 is 0 Å². The number of amides is 1. The molecule has 2 aromatic carbocycles. The van der Waals surface area contributed by atoms with Crippen LogP contribution in [0.3, 0.4) is 0 Å². The number of hydrogen-bond acceptors (Lipinski definition) is 5. The zero-order valence-corrected chi connectivity index (χ0v) is 17.2. The lowest BCUT2D eigenvalue weighted by Crippen LogP contribution is -2.30. The van der Waals surface area contributed by atoms with Gasteiger partial charge < -0.3 is 19.5 Å². The molecule has 7 heteroatoms. The van der Waals surface area contributed by atoms with Crippen molar-refractivity contribution in [2.24, 2.45) is 0 Å². The number of nitrogens with one attached hydrogen (secondary N) is 1. The standard InChI is InChI=1S/C23H25FN2O4/c1-28-9-7-26(8-10-29-2)13-15-3-5-18-16(11-15)14-30-22(18)21-19-12-17(24)4-6-20(19)25-23(21)27/h3-6,11-12H,7-10,13-14H2,1-2H3,(H,25,27)/b22-21+. The normalized spacial score (nSPS) is 17.1. The summed E-state index contributed by atoms with van der Waals surface area (Å²) in [6, 6.07) is 10.4. The van der Waals surface area contributed by atoms with Crippen LogP contribution in [0.4, 0.5) is 10.1 Å². The number of halogens is 1. The average molecular weight is 412 g/mol. The van der Waals surface area contributed by atoms with Gasteiger partial charge in [-0.1, -0.05) is 18.2 Å². The first-order chi connectivity index (χ1) is 14.6. The second kappa shape index (κ2) is 8.95. The molecule has 158 valence electrons. The maximum absolute atomic E-state index is 13.8. The molecule has 30 heavy (non-hydrogen) atoms. The van der Waals surface area contributed by atoms with Gasteiger partial charge in [-0.15, -0.1) is 0 Å². The summed E-state index contributed by atoms with van der Waals surface area (Å²) in [6.45, 7) is 4.07. The SMILES string of the molecule is COCCN(CCOC)Cc1ccc2c(c1)CO/C2=C1/C(=O)Nc2ccc(F)cc21. The number of ether oxygens (including phenoxy) is 3. The maximum Gasteiger partial charge on any atom is 0.260 e. The lowest BCUT2D eigenvalue weighted by atomic mass is 9.99. The summed E-state index contributed by atoms with van der Waals surface area (Å²) in [5, 5.41) is 2.79. The molecule has 2 aliphatic rings. The average Bonchev–Trinajstić information content (AvgIpc) is 3.29. The van der Waals surface area contributed by atoms with Crippen LogP contribution in [0.1, 0.15) is 22.3 Å². The Labute approximate surface area is 175 Å². The Morgan fingerprint density at radius 3 is 2.57 bits per heavy atom. The molecule has 0 fully saturated rings. The van der Waals surface area contributed by atoms with Crippen molar-refractivity contribution in [3.8, 4) is 0 Å². The van der Waals surface area contributed by atoms with Gasteiger partial charge >= 0.3 is 0 Å². The fourth-order valence-electron chi connectivity index (χ4n) is 3.85. The Balaban J connectivity index is 1.61. The molecule has 1 amide bonds. The Bertz CT molecular complexity index is 981. The van der Waals surface area contributed by atoms with E-state index in [1.54, 1.807) is 20.3 Å². The highest BCUT2D eigenvalue weighted by atomic mass is 19.1. The Kier molecular flexibility index (Phi) is 6.13. The summed E-state index contributed by atoms with van der Waals surface area (Å²) < 4.78 is 30.1. The van der Waals surface area contributed by atoms with Crippen LogP contribution < -0.4 is 5.32 Å². The smallest absolute Gasteiger partial charge is 0.260 e. The van der Waals surface area contributed by atoms with Crippen LogP contribution in [0.5, 0.6) is 0 Å². The molecular weight excluding hydrogens is 387 g/mol. The van der Waals surface area contributed by atoms with Crippen molar-refractivity contribution in [3.05, 3.63) is 64.5 Å². The van der Waals surface area contributed by atoms with Gasteiger partial charge in [-0.25, -0.2) is 4.39 Å². The first-order valence-corrected chi connectivity index (χ1v) is 9.91. The molecule has 2 aliphatic heterocycles. The molecule has 0 spiro atoms. The molecule has 6 nitrogen and oxygen atoms in total. The van der Waals surface area contributed by atoms with Gasteiger partial charge in [0.1, 0.15) is 18.2 Å². The number of rotatable bonds is 8. The van der Waals surface area contributed by atoms with Crippen LogP contribution in [0.25, 0.3) is 11.3 Å². The summed E-state index contributed by atoms with van der Waals surface area (Å²) >= 11 is 0. The fourth-order valence-corrected chi connectivity index (χ4v) is 3.85. The molecule has 4 rings (SSSR count). The van der Waals surface area contributed by atoms with Crippen molar-refractivity contribution >= 4 is 22.9 Å². The third-order valence-corrected chi connectivity index (χ3v) is 5.37. The molecule has 0 aromatic heterocycles. The summed E-state index contributed by atoms with van der Waals surface area (Å²) in [5.41, 5.74) is 4.57. The molecule has 0 saturated heterocycles. The number of benzene rings is 2. The Morgan fingerprint density at radius 2 is 1.83 bits per heavy atom. The largest absolute Gasteiger partial charge is 0.487 e. The van der Waals surface area contributed by atoms with Gasteiger partial charge in [-0.05, 0) is 23.8 Å². The molecular formula is C23H25FN2O4. The van der Waals surface area contributed by atoms with Crippen LogP contribution in [0, 0.1) is 5.82 Å². The highest BCUT2D eigenvalue weighted by molar-refractivity contribution is 6.36. The van der Waals surface area contributed by atoms with Gasteiger partial charge in [0.2, 0.25) is 0 Å². The quantitative estimate of drug-likeness (QED) is 0.675. The third-order valence-electron chi connectivity index (χ3n) is 5.37. The minimum atomic E-state index is -0.385.